The fourth-order valence-electron chi connectivity index (χ4n) is 3.73. The number of hydrogen-bond donors (Lipinski definition) is 2. The van der Waals surface area contributed by atoms with E-state index in [0.717, 1.165) is 46.5 Å². The SMILES string of the molecule is Cc1ccc(CC(OC(C)C)C(=O)O)cc1CNC(=C1CC1)c1ccc(OC(C)C)cc1Cl. The van der Waals surface area contributed by atoms with Crippen molar-refractivity contribution < 1.29 is 19.4 Å². The second-order valence-electron chi connectivity index (χ2n) is 9.12. The highest BCUT2D eigenvalue weighted by atomic mass is 35.5. The van der Waals surface area contributed by atoms with Crippen molar-refractivity contribution in [3.05, 3.63) is 69.2 Å². The Balaban J connectivity index is 1.76. The molecule has 1 aliphatic rings. The van der Waals surface area contributed by atoms with E-state index in [2.05, 4.69) is 18.3 Å². The van der Waals surface area contributed by atoms with Crippen LogP contribution in [0.25, 0.3) is 5.70 Å². The van der Waals surface area contributed by atoms with E-state index in [1.807, 2.05) is 58.0 Å². The molecule has 2 aromatic carbocycles. The molecule has 0 radical (unpaired) electrons. The fraction of sp³-hybridized carbons (Fsp3) is 0.444. The van der Waals surface area contributed by atoms with Gasteiger partial charge in [-0.2, -0.15) is 0 Å². The Labute approximate surface area is 201 Å². The number of nitrogens with one attached hydrogen (secondary N) is 1. The number of carbonyl (C=O) groups is 1. The zero-order chi connectivity index (χ0) is 24.1. The Hall–Kier alpha value is -2.50. The number of rotatable bonds is 11. The predicted molar refractivity (Wildman–Crippen MR) is 133 cm³/mol. The summed E-state index contributed by atoms with van der Waals surface area (Å²) in [6, 6.07) is 11.9. The third-order valence-electron chi connectivity index (χ3n) is 5.44. The molecule has 1 fully saturated rings. The molecule has 1 aliphatic carbocycles. The van der Waals surface area contributed by atoms with Crippen LogP contribution in [0.4, 0.5) is 0 Å². The first-order valence-corrected chi connectivity index (χ1v) is 11.9. The molecular weight excluding hydrogens is 438 g/mol. The summed E-state index contributed by atoms with van der Waals surface area (Å²) in [6.07, 6.45) is 1.55. The van der Waals surface area contributed by atoms with Crippen LogP contribution in [0.2, 0.25) is 5.02 Å². The van der Waals surface area contributed by atoms with Crippen LogP contribution in [0, 0.1) is 6.92 Å². The molecule has 3 rings (SSSR count). The lowest BCUT2D eigenvalue weighted by molar-refractivity contribution is -0.153. The van der Waals surface area contributed by atoms with Crippen molar-refractivity contribution in [2.45, 2.75) is 78.7 Å². The zero-order valence-electron chi connectivity index (χ0n) is 20.1. The summed E-state index contributed by atoms with van der Waals surface area (Å²) in [5.41, 5.74) is 6.63. The number of hydrogen-bond acceptors (Lipinski definition) is 4. The van der Waals surface area contributed by atoms with Crippen molar-refractivity contribution in [3.63, 3.8) is 0 Å². The van der Waals surface area contributed by atoms with Crippen LogP contribution >= 0.6 is 11.6 Å². The van der Waals surface area contributed by atoms with Crippen molar-refractivity contribution in [2.24, 2.45) is 0 Å². The van der Waals surface area contributed by atoms with Gasteiger partial charge < -0.3 is 19.9 Å². The summed E-state index contributed by atoms with van der Waals surface area (Å²) in [4.78, 5) is 11.6. The number of carboxylic acid groups (broad SMARTS) is 1. The van der Waals surface area contributed by atoms with Gasteiger partial charge in [0.25, 0.3) is 0 Å². The molecule has 0 aliphatic heterocycles. The number of aliphatic carboxylic acids is 1. The van der Waals surface area contributed by atoms with E-state index < -0.39 is 12.1 Å². The molecule has 1 saturated carbocycles. The highest BCUT2D eigenvalue weighted by Gasteiger charge is 2.22. The number of benzene rings is 2. The highest BCUT2D eigenvalue weighted by molar-refractivity contribution is 6.32. The van der Waals surface area contributed by atoms with Crippen LogP contribution in [0.1, 0.15) is 62.8 Å². The van der Waals surface area contributed by atoms with Gasteiger partial charge in [0.15, 0.2) is 6.10 Å². The molecule has 0 bridgehead atoms. The van der Waals surface area contributed by atoms with Crippen LogP contribution in [-0.4, -0.2) is 29.4 Å². The van der Waals surface area contributed by atoms with E-state index >= 15 is 0 Å². The van der Waals surface area contributed by atoms with Gasteiger partial charge in [0, 0.05) is 24.2 Å². The molecule has 0 amide bonds. The summed E-state index contributed by atoms with van der Waals surface area (Å²) in [5.74, 6) is -0.178. The van der Waals surface area contributed by atoms with E-state index in [0.29, 0.717) is 18.0 Å². The maximum absolute atomic E-state index is 11.6. The summed E-state index contributed by atoms with van der Waals surface area (Å²) in [6.45, 7) is 10.4. The number of carboxylic acids is 1. The van der Waals surface area contributed by atoms with E-state index in [1.54, 1.807) is 0 Å². The van der Waals surface area contributed by atoms with Crippen molar-refractivity contribution in [2.75, 3.05) is 0 Å². The molecule has 33 heavy (non-hydrogen) atoms. The molecule has 6 heteroatoms. The summed E-state index contributed by atoms with van der Waals surface area (Å²) < 4.78 is 11.3. The summed E-state index contributed by atoms with van der Waals surface area (Å²) in [5, 5.41) is 13.8. The Morgan fingerprint density at radius 3 is 2.39 bits per heavy atom. The van der Waals surface area contributed by atoms with E-state index in [4.69, 9.17) is 21.1 Å². The molecule has 178 valence electrons. The van der Waals surface area contributed by atoms with Gasteiger partial charge in [0.2, 0.25) is 0 Å². The molecule has 2 aromatic rings. The van der Waals surface area contributed by atoms with Crippen LogP contribution < -0.4 is 10.1 Å². The van der Waals surface area contributed by atoms with Gasteiger partial charge >= 0.3 is 5.97 Å². The van der Waals surface area contributed by atoms with E-state index in [-0.39, 0.29) is 12.2 Å². The minimum absolute atomic E-state index is 0.0909. The maximum atomic E-state index is 11.6. The first-order valence-electron chi connectivity index (χ1n) is 11.5. The third kappa shape index (κ3) is 7.24. The minimum Gasteiger partial charge on any atom is -0.491 e. The Morgan fingerprint density at radius 1 is 1.09 bits per heavy atom. The lowest BCUT2D eigenvalue weighted by Crippen LogP contribution is -2.29. The van der Waals surface area contributed by atoms with Crippen LogP contribution in [0.15, 0.2) is 42.0 Å². The molecule has 0 aromatic heterocycles. The average Bonchev–Trinajstić information content (AvgIpc) is 3.55. The van der Waals surface area contributed by atoms with Gasteiger partial charge in [-0.3, -0.25) is 0 Å². The molecule has 0 heterocycles. The molecule has 1 unspecified atom stereocenters. The lowest BCUT2D eigenvalue weighted by Gasteiger charge is -2.18. The Kier molecular flexibility index (Phi) is 8.44. The number of aryl methyl sites for hydroxylation is 1. The van der Waals surface area contributed by atoms with Gasteiger partial charge in [0.05, 0.1) is 17.2 Å². The Bertz CT molecular complexity index is 1020. The third-order valence-corrected chi connectivity index (χ3v) is 5.75. The van der Waals surface area contributed by atoms with Crippen molar-refractivity contribution in [1.82, 2.24) is 5.32 Å². The van der Waals surface area contributed by atoms with Crippen LogP contribution in [0.3, 0.4) is 0 Å². The van der Waals surface area contributed by atoms with Crippen LogP contribution in [-0.2, 0) is 22.5 Å². The first-order chi connectivity index (χ1) is 15.6. The Morgan fingerprint density at radius 2 is 1.82 bits per heavy atom. The number of halogens is 1. The molecule has 1 atom stereocenters. The molecule has 5 nitrogen and oxygen atoms in total. The monoisotopic (exact) mass is 471 g/mol. The quantitative estimate of drug-likeness (QED) is 0.411. The molecular formula is C27H34ClNO4. The van der Waals surface area contributed by atoms with Crippen LogP contribution in [0.5, 0.6) is 5.75 Å². The standard InChI is InChI=1S/C27H34ClNO4/c1-16(2)32-22-10-11-23(24(28)14-22)26(20-8-9-20)29-15-21-12-19(7-6-18(21)5)13-25(27(30)31)33-17(3)4/h6-7,10-12,14,16-17,25,29H,8-9,13,15H2,1-5H3,(H,30,31). The molecule has 0 spiro atoms. The van der Waals surface area contributed by atoms with E-state index in [9.17, 15) is 9.90 Å². The lowest BCUT2D eigenvalue weighted by atomic mass is 10.0. The highest BCUT2D eigenvalue weighted by Crippen LogP contribution is 2.38. The maximum Gasteiger partial charge on any atom is 0.333 e. The van der Waals surface area contributed by atoms with Gasteiger partial charge in [-0.15, -0.1) is 0 Å². The van der Waals surface area contributed by atoms with Gasteiger partial charge in [-0.1, -0.05) is 29.8 Å². The molecule has 0 saturated heterocycles. The summed E-state index contributed by atoms with van der Waals surface area (Å²) >= 11 is 6.62. The first kappa shape index (κ1) is 25.1. The second-order valence-corrected chi connectivity index (χ2v) is 9.52. The fourth-order valence-corrected chi connectivity index (χ4v) is 3.99. The minimum atomic E-state index is -0.941. The average molecular weight is 472 g/mol. The second kappa shape index (κ2) is 11.1. The van der Waals surface area contributed by atoms with Gasteiger partial charge in [-0.05, 0) is 87.9 Å². The topological polar surface area (TPSA) is 67.8 Å². The van der Waals surface area contributed by atoms with Crippen molar-refractivity contribution in [3.8, 4) is 5.75 Å². The molecule has 2 N–H and O–H groups in total. The van der Waals surface area contributed by atoms with Gasteiger partial charge in [0.1, 0.15) is 5.75 Å². The predicted octanol–water partition coefficient (Wildman–Crippen LogP) is 6.15. The zero-order valence-corrected chi connectivity index (χ0v) is 20.8. The van der Waals surface area contributed by atoms with Crippen molar-refractivity contribution in [1.29, 1.82) is 0 Å². The largest absolute Gasteiger partial charge is 0.491 e. The number of allylic oxidation sites excluding steroid dienone is 1. The smallest absolute Gasteiger partial charge is 0.333 e. The summed E-state index contributed by atoms with van der Waals surface area (Å²) in [7, 11) is 0. The van der Waals surface area contributed by atoms with Crippen molar-refractivity contribution >= 4 is 23.3 Å². The normalized spacial score (nSPS) is 13.9. The van der Waals surface area contributed by atoms with E-state index in [1.165, 1.54) is 5.57 Å². The number of ether oxygens (including phenoxy) is 2. The van der Waals surface area contributed by atoms with Gasteiger partial charge in [-0.25, -0.2) is 4.79 Å².